The fraction of sp³-hybridized carbons (Fsp3) is 0.909. The van der Waals surface area contributed by atoms with Gasteiger partial charge in [0.25, 0.3) is 0 Å². The zero-order valence-electron chi connectivity index (χ0n) is 11.1. The van der Waals surface area contributed by atoms with Crippen LogP contribution in [0.4, 0.5) is 0 Å². The molecular weight excluding hydrogens is 223 g/mol. The Hall–Kier alpha value is -0.315. The van der Waals surface area contributed by atoms with Crippen molar-refractivity contribution in [1.82, 2.24) is 0 Å². The van der Waals surface area contributed by atoms with Gasteiger partial charge in [-0.1, -0.05) is 40.9 Å². The molecule has 0 atom stereocenters. The highest BCUT2D eigenvalue weighted by Gasteiger charge is 2.38. The average molecular weight is 245 g/mol. The number of hydrogen-bond acceptors (Lipinski definition) is 3. The molecule has 0 aliphatic carbocycles. The first-order valence-corrected chi connectivity index (χ1v) is 7.49. The number of rotatable bonds is 5. The Kier molecular flexibility index (Phi) is 4.81. The molecule has 0 aromatic heterocycles. The van der Waals surface area contributed by atoms with Crippen molar-refractivity contribution < 1.29 is 13.2 Å². The molecule has 93 valence electrons. The molecule has 0 aliphatic rings. The van der Waals surface area contributed by atoms with Crippen molar-refractivity contribution in [2.75, 3.05) is 12.0 Å². The van der Waals surface area contributed by atoms with Crippen molar-refractivity contribution in [2.45, 2.75) is 40.9 Å². The van der Waals surface area contributed by atoms with Gasteiger partial charge in [0, 0.05) is 17.4 Å². The van der Waals surface area contributed by atoms with Crippen LogP contribution in [0.25, 0.3) is 0 Å². The van der Waals surface area contributed by atoms with Gasteiger partial charge in [-0.15, -0.1) is 0 Å². The molecular formula is C11H22BO3S. The van der Waals surface area contributed by atoms with Gasteiger partial charge >= 0.3 is 0 Å². The van der Waals surface area contributed by atoms with Gasteiger partial charge in [0.1, 0.15) is 9.84 Å². The fourth-order valence-corrected chi connectivity index (χ4v) is 1.57. The summed E-state index contributed by atoms with van der Waals surface area (Å²) in [6, 6.07) is 0. The van der Waals surface area contributed by atoms with Crippen molar-refractivity contribution in [2.24, 2.45) is 10.8 Å². The number of sulfone groups is 1. The maximum absolute atomic E-state index is 11.9. The van der Waals surface area contributed by atoms with Gasteiger partial charge in [-0.05, 0) is 5.41 Å². The third-order valence-corrected chi connectivity index (χ3v) is 4.29. The van der Waals surface area contributed by atoms with Crippen LogP contribution in [0.1, 0.15) is 34.6 Å². The van der Waals surface area contributed by atoms with Crippen LogP contribution in [0.5, 0.6) is 0 Å². The second-order valence-electron chi connectivity index (χ2n) is 5.86. The molecule has 0 unspecified atom stereocenters. The lowest BCUT2D eigenvalue weighted by Gasteiger charge is -2.37. The van der Waals surface area contributed by atoms with Gasteiger partial charge in [-0.2, -0.15) is 0 Å². The first-order chi connectivity index (χ1) is 6.88. The molecule has 0 saturated heterocycles. The summed E-state index contributed by atoms with van der Waals surface area (Å²) < 4.78 is 21.9. The van der Waals surface area contributed by atoms with Crippen molar-refractivity contribution >= 4 is 22.8 Å². The first-order valence-electron chi connectivity index (χ1n) is 5.43. The largest absolute Gasteiger partial charge is 0.311 e. The van der Waals surface area contributed by atoms with Gasteiger partial charge in [0.2, 0.25) is 7.28 Å². The van der Waals surface area contributed by atoms with E-state index in [1.54, 1.807) is 0 Å². The smallest absolute Gasteiger partial charge is 0.204 e. The van der Waals surface area contributed by atoms with Gasteiger partial charge in [0.05, 0.1) is 5.68 Å². The van der Waals surface area contributed by atoms with E-state index in [-0.39, 0.29) is 16.9 Å². The van der Waals surface area contributed by atoms with Gasteiger partial charge in [-0.25, -0.2) is 8.42 Å². The minimum absolute atomic E-state index is 0.0173. The van der Waals surface area contributed by atoms with Gasteiger partial charge in [-0.3, -0.25) is 0 Å². The van der Waals surface area contributed by atoms with Crippen LogP contribution in [0, 0.1) is 10.8 Å². The number of carbonyl (C=O) groups is 1. The van der Waals surface area contributed by atoms with E-state index >= 15 is 0 Å². The topological polar surface area (TPSA) is 51.2 Å². The summed E-state index contributed by atoms with van der Waals surface area (Å²) in [4.78, 5) is 11.9. The average Bonchev–Trinajstić information content (AvgIpc) is 1.99. The quantitative estimate of drug-likeness (QED) is 0.693. The Morgan fingerprint density at radius 1 is 1.12 bits per heavy atom. The van der Waals surface area contributed by atoms with E-state index in [2.05, 4.69) is 0 Å². The molecule has 5 heteroatoms. The molecule has 0 N–H and O–H groups in total. The fourth-order valence-electron chi connectivity index (χ4n) is 1.03. The second kappa shape index (κ2) is 4.90. The van der Waals surface area contributed by atoms with Crippen LogP contribution >= 0.6 is 0 Å². The summed E-state index contributed by atoms with van der Waals surface area (Å²) in [5.74, 6) is 0.0406. The third kappa shape index (κ3) is 4.68. The van der Waals surface area contributed by atoms with Crippen LogP contribution in [0.3, 0.4) is 0 Å². The Labute approximate surface area is 100 Å². The van der Waals surface area contributed by atoms with Crippen molar-refractivity contribution in [3.8, 4) is 0 Å². The van der Waals surface area contributed by atoms with E-state index in [4.69, 9.17) is 0 Å². The maximum Gasteiger partial charge on any atom is 0.204 e. The summed E-state index contributed by atoms with van der Waals surface area (Å²) >= 11 is 0. The zero-order valence-corrected chi connectivity index (χ0v) is 11.9. The Morgan fingerprint density at radius 3 is 1.88 bits per heavy atom. The van der Waals surface area contributed by atoms with Crippen LogP contribution < -0.4 is 0 Å². The highest BCUT2D eigenvalue weighted by atomic mass is 32.2. The molecule has 0 rings (SSSR count). The first kappa shape index (κ1) is 15.7. The predicted molar refractivity (Wildman–Crippen MR) is 68.5 cm³/mol. The minimum Gasteiger partial charge on any atom is -0.311 e. The van der Waals surface area contributed by atoms with Crippen molar-refractivity contribution in [3.05, 3.63) is 0 Å². The molecule has 0 aromatic carbocycles. The monoisotopic (exact) mass is 245 g/mol. The van der Waals surface area contributed by atoms with Gasteiger partial charge in [0.15, 0.2) is 0 Å². The summed E-state index contributed by atoms with van der Waals surface area (Å²) in [5.41, 5.74) is -0.584. The second-order valence-corrected chi connectivity index (χ2v) is 8.12. The summed E-state index contributed by atoms with van der Waals surface area (Å²) in [6.07, 6.45) is 1.48. The molecule has 0 saturated carbocycles. The predicted octanol–water partition coefficient (Wildman–Crippen LogP) is 1.75. The molecule has 0 fully saturated rings. The Bertz CT molecular complexity index is 350. The lowest BCUT2D eigenvalue weighted by molar-refractivity contribution is -0.124. The maximum atomic E-state index is 11.9. The standard InChI is InChI=1S/C11H22BO3S/c1-10(2,3)11(4,5)9(13)12-7-8-16(6,14)15/h7-8H2,1-6H3. The molecule has 0 aromatic rings. The zero-order chi connectivity index (χ0) is 13.2. The number of carbonyl (C=O) groups excluding carboxylic acids is 1. The van der Waals surface area contributed by atoms with E-state index in [0.29, 0.717) is 6.32 Å². The highest BCUT2D eigenvalue weighted by Crippen LogP contribution is 2.38. The molecule has 3 nitrogen and oxygen atoms in total. The molecule has 0 spiro atoms. The molecule has 1 radical (unpaired) electrons. The molecule has 16 heavy (non-hydrogen) atoms. The Morgan fingerprint density at radius 2 is 1.56 bits per heavy atom. The van der Waals surface area contributed by atoms with Crippen LogP contribution in [0.15, 0.2) is 0 Å². The van der Waals surface area contributed by atoms with E-state index in [9.17, 15) is 13.2 Å². The molecule has 0 bridgehead atoms. The lowest BCUT2D eigenvalue weighted by atomic mass is 9.54. The van der Waals surface area contributed by atoms with Crippen molar-refractivity contribution in [3.63, 3.8) is 0 Å². The molecule has 0 aliphatic heterocycles. The molecule has 0 amide bonds. The number of hydrogen-bond donors (Lipinski definition) is 0. The van der Waals surface area contributed by atoms with E-state index in [1.165, 1.54) is 13.5 Å². The van der Waals surface area contributed by atoms with E-state index in [1.807, 2.05) is 34.6 Å². The summed E-state index contributed by atoms with van der Waals surface area (Å²) in [6.45, 7) is 9.82. The van der Waals surface area contributed by atoms with Crippen molar-refractivity contribution in [1.29, 1.82) is 0 Å². The summed E-state index contributed by atoms with van der Waals surface area (Å²) in [5, 5.41) is 0. The normalized spacial score (nSPS) is 13.6. The van der Waals surface area contributed by atoms with E-state index < -0.39 is 15.3 Å². The lowest BCUT2D eigenvalue weighted by Crippen LogP contribution is -2.40. The van der Waals surface area contributed by atoms with Crippen LogP contribution in [-0.2, 0) is 14.6 Å². The SMILES string of the molecule is CC(C)(C)C(C)(C)C(=O)[B]CCS(C)(=O)=O. The van der Waals surface area contributed by atoms with Crippen LogP contribution in [0.2, 0.25) is 6.32 Å². The van der Waals surface area contributed by atoms with E-state index in [0.717, 1.165) is 0 Å². The third-order valence-electron chi connectivity index (χ3n) is 3.31. The molecule has 0 heterocycles. The van der Waals surface area contributed by atoms with Crippen LogP contribution in [-0.4, -0.2) is 33.4 Å². The minimum atomic E-state index is -2.98. The highest BCUT2D eigenvalue weighted by molar-refractivity contribution is 7.90. The van der Waals surface area contributed by atoms with Gasteiger partial charge < -0.3 is 4.79 Å². The summed E-state index contributed by atoms with van der Waals surface area (Å²) in [7, 11) is -1.48. The Balaban J connectivity index is 4.39.